The number of nitrogens with one attached hydrogen (secondary N) is 2. The van der Waals surface area contributed by atoms with Gasteiger partial charge in [0.15, 0.2) is 11.6 Å². The maximum atomic E-state index is 11.5. The Morgan fingerprint density at radius 1 is 1.04 bits per heavy atom. The first-order valence-electron chi connectivity index (χ1n) is 7.28. The Kier molecular flexibility index (Phi) is 8.46. The second-order valence-corrected chi connectivity index (χ2v) is 5.57. The lowest BCUT2D eigenvalue weighted by Crippen LogP contribution is -2.38. The number of rotatable bonds is 9. The number of urea groups is 1. The minimum absolute atomic E-state index is 0.0279. The lowest BCUT2D eigenvalue weighted by molar-refractivity contribution is -0.157. The van der Waals surface area contributed by atoms with E-state index in [-0.39, 0.29) is 43.2 Å². The van der Waals surface area contributed by atoms with E-state index in [1.807, 2.05) is 0 Å². The number of halogens is 1. The van der Waals surface area contributed by atoms with Crippen LogP contribution in [-0.4, -0.2) is 53.9 Å². The van der Waals surface area contributed by atoms with Gasteiger partial charge in [0.2, 0.25) is 6.10 Å². The van der Waals surface area contributed by atoms with Crippen LogP contribution in [0.2, 0.25) is 0 Å². The summed E-state index contributed by atoms with van der Waals surface area (Å²) in [5, 5.41) is 5.29. The van der Waals surface area contributed by atoms with Crippen LogP contribution >= 0.6 is 15.9 Å². The number of ketones is 3. The zero-order valence-corrected chi connectivity index (χ0v) is 14.1. The van der Waals surface area contributed by atoms with Crippen molar-refractivity contribution in [1.29, 1.82) is 0 Å². The average Bonchev–Trinajstić information content (AvgIpc) is 2.83. The molecule has 9 heteroatoms. The quantitative estimate of drug-likeness (QED) is 0.252. The predicted octanol–water partition coefficient (Wildman–Crippen LogP) is 0.264. The highest BCUT2D eigenvalue weighted by molar-refractivity contribution is 9.09. The molecule has 0 heterocycles. The molecule has 1 fully saturated rings. The lowest BCUT2D eigenvalue weighted by Gasteiger charge is -2.10. The highest BCUT2D eigenvalue weighted by atomic mass is 79.9. The number of alkyl halides is 1. The van der Waals surface area contributed by atoms with Crippen molar-refractivity contribution < 1.29 is 28.7 Å². The fraction of sp³-hybridized carbons (Fsp3) is 0.643. The number of Topliss-reactive ketones (excluding diaryl/α,β-unsaturated/α-hetero) is 3. The van der Waals surface area contributed by atoms with Crippen LogP contribution in [0, 0.1) is 0 Å². The summed E-state index contributed by atoms with van der Waals surface area (Å²) in [6.45, 7) is 0.375. The number of ether oxygens (including phenoxy) is 1. The first-order valence-corrected chi connectivity index (χ1v) is 8.40. The van der Waals surface area contributed by atoms with Gasteiger partial charge in [-0.25, -0.2) is 4.79 Å². The van der Waals surface area contributed by atoms with Crippen molar-refractivity contribution in [2.75, 3.05) is 18.4 Å². The van der Waals surface area contributed by atoms with Crippen molar-refractivity contribution in [2.45, 2.75) is 38.2 Å². The SMILES string of the molecule is O=C(CBr)CCCNC(=O)NCCC(=O)OC1C(=O)CCC1=O. The number of hydrogen-bond acceptors (Lipinski definition) is 6. The molecule has 0 unspecified atom stereocenters. The topological polar surface area (TPSA) is 119 Å². The van der Waals surface area contributed by atoms with Crippen LogP contribution in [0.1, 0.15) is 32.1 Å². The van der Waals surface area contributed by atoms with Crippen LogP contribution in [0.4, 0.5) is 4.79 Å². The second kappa shape index (κ2) is 10.1. The molecule has 2 N–H and O–H groups in total. The highest BCUT2D eigenvalue weighted by Crippen LogP contribution is 2.14. The second-order valence-electron chi connectivity index (χ2n) is 5.01. The zero-order valence-electron chi connectivity index (χ0n) is 12.6. The van der Waals surface area contributed by atoms with Gasteiger partial charge in [-0.3, -0.25) is 19.2 Å². The summed E-state index contributed by atoms with van der Waals surface area (Å²) in [7, 11) is 0. The molecule has 0 spiro atoms. The van der Waals surface area contributed by atoms with Crippen LogP contribution in [0.25, 0.3) is 0 Å². The van der Waals surface area contributed by atoms with E-state index in [0.29, 0.717) is 24.7 Å². The van der Waals surface area contributed by atoms with Gasteiger partial charge in [-0.15, -0.1) is 0 Å². The van der Waals surface area contributed by atoms with Crippen molar-refractivity contribution in [2.24, 2.45) is 0 Å². The maximum absolute atomic E-state index is 11.5. The van der Waals surface area contributed by atoms with E-state index in [4.69, 9.17) is 4.74 Å². The van der Waals surface area contributed by atoms with Crippen molar-refractivity contribution in [3.8, 4) is 0 Å². The van der Waals surface area contributed by atoms with Gasteiger partial charge in [0.25, 0.3) is 0 Å². The van der Waals surface area contributed by atoms with E-state index >= 15 is 0 Å². The number of carbonyl (C=O) groups is 5. The van der Waals surface area contributed by atoms with Crippen molar-refractivity contribution >= 4 is 45.3 Å². The molecule has 1 aliphatic carbocycles. The van der Waals surface area contributed by atoms with Crippen LogP contribution in [0.15, 0.2) is 0 Å². The Morgan fingerprint density at radius 3 is 2.26 bits per heavy atom. The molecule has 128 valence electrons. The summed E-state index contributed by atoms with van der Waals surface area (Å²) < 4.78 is 4.80. The number of carbonyl (C=O) groups excluding carboxylic acids is 5. The molecular weight excluding hydrogens is 372 g/mol. The van der Waals surface area contributed by atoms with Gasteiger partial charge < -0.3 is 15.4 Å². The third kappa shape index (κ3) is 7.36. The monoisotopic (exact) mass is 390 g/mol. The van der Waals surface area contributed by atoms with Crippen molar-refractivity contribution in [3.63, 3.8) is 0 Å². The van der Waals surface area contributed by atoms with E-state index < -0.39 is 18.1 Å². The third-order valence-corrected chi connectivity index (χ3v) is 3.76. The van der Waals surface area contributed by atoms with E-state index in [2.05, 4.69) is 26.6 Å². The third-order valence-electron chi connectivity index (χ3n) is 3.13. The van der Waals surface area contributed by atoms with E-state index in [9.17, 15) is 24.0 Å². The maximum Gasteiger partial charge on any atom is 0.314 e. The van der Waals surface area contributed by atoms with Gasteiger partial charge in [0.1, 0.15) is 5.78 Å². The average molecular weight is 391 g/mol. The fourth-order valence-corrected chi connectivity index (χ4v) is 2.19. The molecule has 0 aromatic carbocycles. The Balaban J connectivity index is 2.10. The minimum Gasteiger partial charge on any atom is -0.446 e. The van der Waals surface area contributed by atoms with Crippen molar-refractivity contribution in [3.05, 3.63) is 0 Å². The van der Waals surface area contributed by atoms with Crippen LogP contribution in [0.5, 0.6) is 0 Å². The lowest BCUT2D eigenvalue weighted by atomic mass is 10.2. The first kappa shape index (κ1) is 19.3. The molecule has 0 radical (unpaired) electrons. The van der Waals surface area contributed by atoms with Gasteiger partial charge >= 0.3 is 12.0 Å². The molecule has 0 atom stereocenters. The fourth-order valence-electron chi connectivity index (χ4n) is 1.90. The van der Waals surface area contributed by atoms with Crippen LogP contribution in [-0.2, 0) is 23.9 Å². The Bertz CT molecular complexity index is 478. The smallest absolute Gasteiger partial charge is 0.314 e. The molecular formula is C14H19BrN2O6. The molecule has 0 bridgehead atoms. The largest absolute Gasteiger partial charge is 0.446 e. The normalized spacial score (nSPS) is 14.7. The molecule has 8 nitrogen and oxygen atoms in total. The summed E-state index contributed by atoms with van der Waals surface area (Å²) in [6, 6.07) is -0.461. The Hall–Kier alpha value is -1.77. The van der Waals surface area contributed by atoms with Gasteiger partial charge in [-0.05, 0) is 6.42 Å². The van der Waals surface area contributed by atoms with E-state index in [0.717, 1.165) is 0 Å². The van der Waals surface area contributed by atoms with Gasteiger partial charge in [-0.2, -0.15) is 0 Å². The van der Waals surface area contributed by atoms with E-state index in [1.54, 1.807) is 0 Å². The van der Waals surface area contributed by atoms with Gasteiger partial charge in [-0.1, -0.05) is 15.9 Å². The molecule has 23 heavy (non-hydrogen) atoms. The van der Waals surface area contributed by atoms with Crippen LogP contribution < -0.4 is 10.6 Å². The molecule has 1 aliphatic rings. The van der Waals surface area contributed by atoms with E-state index in [1.165, 1.54) is 0 Å². The Labute approximate surface area is 141 Å². The summed E-state index contributed by atoms with van der Waals surface area (Å²) >= 11 is 3.05. The number of esters is 1. The Morgan fingerprint density at radius 2 is 1.65 bits per heavy atom. The summed E-state index contributed by atoms with van der Waals surface area (Å²) in [5.74, 6) is -1.41. The predicted molar refractivity (Wildman–Crippen MR) is 83.2 cm³/mol. The summed E-state index contributed by atoms with van der Waals surface area (Å²) in [4.78, 5) is 56.6. The molecule has 0 saturated heterocycles. The summed E-state index contributed by atoms with van der Waals surface area (Å²) in [5.41, 5.74) is 0. The van der Waals surface area contributed by atoms with Gasteiger partial charge in [0.05, 0.1) is 11.8 Å². The van der Waals surface area contributed by atoms with Crippen molar-refractivity contribution in [1.82, 2.24) is 10.6 Å². The van der Waals surface area contributed by atoms with Crippen LogP contribution in [0.3, 0.4) is 0 Å². The van der Waals surface area contributed by atoms with Gasteiger partial charge in [0, 0.05) is 32.4 Å². The zero-order chi connectivity index (χ0) is 17.2. The molecule has 1 rings (SSSR count). The molecule has 0 aromatic heterocycles. The molecule has 1 saturated carbocycles. The molecule has 2 amide bonds. The summed E-state index contributed by atoms with van der Waals surface area (Å²) in [6.07, 6.45) is -0.285. The first-order chi connectivity index (χ1) is 10.9. The highest BCUT2D eigenvalue weighted by Gasteiger charge is 2.35. The molecule has 0 aromatic rings. The minimum atomic E-state index is -1.27. The standard InChI is InChI=1S/C14H19BrN2O6/c15-8-9(18)2-1-6-16-14(22)17-7-5-12(21)23-13-10(19)3-4-11(13)20/h13H,1-8H2,(H2,16,17,22). The number of amides is 2. The number of hydrogen-bond donors (Lipinski definition) is 2. The molecule has 0 aliphatic heterocycles.